The molecule has 7 heteroatoms. The van der Waals surface area contributed by atoms with Gasteiger partial charge in [-0.3, -0.25) is 9.10 Å². The van der Waals surface area contributed by atoms with Crippen molar-refractivity contribution in [2.45, 2.75) is 27.2 Å². The summed E-state index contributed by atoms with van der Waals surface area (Å²) in [5, 5.41) is 0. The van der Waals surface area contributed by atoms with Gasteiger partial charge in [0.1, 0.15) is 0 Å². The zero-order chi connectivity index (χ0) is 20.5. The van der Waals surface area contributed by atoms with E-state index in [1.54, 1.807) is 37.3 Å². The molecule has 3 rings (SSSR count). The fraction of sp³-hybridized carbons (Fsp3) is 0.333. The molecule has 0 fully saturated rings. The van der Waals surface area contributed by atoms with Gasteiger partial charge in [0.2, 0.25) is 10.0 Å². The number of carbonyl (C=O) groups is 2. The van der Waals surface area contributed by atoms with E-state index in [0.29, 0.717) is 29.8 Å². The number of hydrogen-bond acceptors (Lipinski definition) is 5. The SMILES string of the molecule is CCS(=O)(=O)N1CCc2cc(C(=O)COC(=O)c3cc(C)cc(C)c3)ccc21. The van der Waals surface area contributed by atoms with Crippen LogP contribution < -0.4 is 4.31 Å². The molecule has 1 aliphatic heterocycles. The molecule has 0 bridgehead atoms. The van der Waals surface area contributed by atoms with Crippen LogP contribution in [0.1, 0.15) is 44.3 Å². The van der Waals surface area contributed by atoms with Crippen LogP contribution in [0.4, 0.5) is 5.69 Å². The lowest BCUT2D eigenvalue weighted by Crippen LogP contribution is -2.30. The molecule has 0 atom stereocenters. The van der Waals surface area contributed by atoms with Crippen molar-refractivity contribution in [1.82, 2.24) is 0 Å². The van der Waals surface area contributed by atoms with Crippen molar-refractivity contribution in [2.24, 2.45) is 0 Å². The van der Waals surface area contributed by atoms with Crippen LogP contribution >= 0.6 is 0 Å². The fourth-order valence-corrected chi connectivity index (χ4v) is 4.54. The van der Waals surface area contributed by atoms with Gasteiger partial charge in [0, 0.05) is 12.1 Å². The number of esters is 1. The van der Waals surface area contributed by atoms with Gasteiger partial charge >= 0.3 is 5.97 Å². The molecule has 0 N–H and O–H groups in total. The van der Waals surface area contributed by atoms with Crippen molar-refractivity contribution < 1.29 is 22.7 Å². The summed E-state index contributed by atoms with van der Waals surface area (Å²) in [6.45, 7) is 5.41. The number of hydrogen-bond donors (Lipinski definition) is 0. The molecule has 0 saturated carbocycles. The van der Waals surface area contributed by atoms with Gasteiger partial charge in [0.15, 0.2) is 12.4 Å². The minimum absolute atomic E-state index is 0.0293. The summed E-state index contributed by atoms with van der Waals surface area (Å²) >= 11 is 0. The number of Topliss-reactive ketones (excluding diaryl/α,β-unsaturated/α-hetero) is 1. The van der Waals surface area contributed by atoms with Gasteiger partial charge in [0.05, 0.1) is 17.0 Å². The van der Waals surface area contributed by atoms with E-state index in [4.69, 9.17) is 4.74 Å². The van der Waals surface area contributed by atoms with E-state index in [9.17, 15) is 18.0 Å². The molecule has 148 valence electrons. The summed E-state index contributed by atoms with van der Waals surface area (Å²) in [4.78, 5) is 24.7. The lowest BCUT2D eigenvalue weighted by atomic mass is 10.1. The number of ketones is 1. The van der Waals surface area contributed by atoms with Gasteiger partial charge in [0.25, 0.3) is 0 Å². The second kappa shape index (κ2) is 7.75. The number of carbonyl (C=O) groups excluding carboxylic acids is 2. The average Bonchev–Trinajstić information content (AvgIpc) is 3.09. The van der Waals surface area contributed by atoms with Crippen molar-refractivity contribution in [1.29, 1.82) is 0 Å². The number of nitrogens with zero attached hydrogens (tertiary/aromatic N) is 1. The zero-order valence-corrected chi connectivity index (χ0v) is 17.0. The van der Waals surface area contributed by atoms with Crippen molar-refractivity contribution in [2.75, 3.05) is 23.2 Å². The van der Waals surface area contributed by atoms with Crippen LogP contribution in [0.25, 0.3) is 0 Å². The number of anilines is 1. The smallest absolute Gasteiger partial charge is 0.338 e. The van der Waals surface area contributed by atoms with E-state index in [2.05, 4.69) is 0 Å². The number of ether oxygens (including phenoxy) is 1. The van der Waals surface area contributed by atoms with Gasteiger partial charge in [-0.1, -0.05) is 17.2 Å². The third-order valence-electron chi connectivity index (χ3n) is 4.75. The van der Waals surface area contributed by atoms with Gasteiger partial charge in [-0.15, -0.1) is 0 Å². The summed E-state index contributed by atoms with van der Waals surface area (Å²) < 4.78 is 30.8. The van der Waals surface area contributed by atoms with E-state index in [-0.39, 0.29) is 18.1 Å². The fourth-order valence-electron chi connectivity index (χ4n) is 3.38. The number of rotatable bonds is 6. The molecular weight excluding hydrogens is 378 g/mol. The minimum Gasteiger partial charge on any atom is -0.454 e. The van der Waals surface area contributed by atoms with Crippen LogP contribution in [0.2, 0.25) is 0 Å². The Morgan fingerprint density at radius 2 is 1.71 bits per heavy atom. The zero-order valence-electron chi connectivity index (χ0n) is 16.2. The number of sulfonamides is 1. The molecule has 1 heterocycles. The van der Waals surface area contributed by atoms with E-state index < -0.39 is 16.0 Å². The molecule has 0 aromatic heterocycles. The number of aryl methyl sites for hydroxylation is 2. The molecule has 2 aromatic carbocycles. The van der Waals surface area contributed by atoms with E-state index >= 15 is 0 Å². The lowest BCUT2D eigenvalue weighted by molar-refractivity contribution is 0.0474. The highest BCUT2D eigenvalue weighted by molar-refractivity contribution is 7.92. The Bertz CT molecular complexity index is 1020. The normalized spacial score (nSPS) is 13.3. The molecule has 0 saturated heterocycles. The van der Waals surface area contributed by atoms with E-state index in [1.807, 2.05) is 19.9 Å². The van der Waals surface area contributed by atoms with Crippen LogP contribution in [0.15, 0.2) is 36.4 Å². The Morgan fingerprint density at radius 3 is 2.36 bits per heavy atom. The van der Waals surface area contributed by atoms with E-state index in [1.165, 1.54) is 4.31 Å². The Hall–Kier alpha value is -2.67. The largest absolute Gasteiger partial charge is 0.454 e. The summed E-state index contributed by atoms with van der Waals surface area (Å²) in [5.41, 5.74) is 4.14. The Balaban J connectivity index is 1.70. The first-order valence-corrected chi connectivity index (χ1v) is 10.7. The molecule has 0 radical (unpaired) electrons. The standard InChI is InChI=1S/C21H23NO5S/c1-4-28(25,26)22-8-7-16-12-17(5-6-19(16)22)20(23)13-27-21(24)18-10-14(2)9-15(3)11-18/h5-6,9-12H,4,7-8,13H2,1-3H3. The molecule has 0 unspecified atom stereocenters. The van der Waals surface area contributed by atoms with Gasteiger partial charge in [-0.25, -0.2) is 13.2 Å². The Labute approximate surface area is 165 Å². The van der Waals surface area contributed by atoms with Crippen molar-refractivity contribution in [3.8, 4) is 0 Å². The minimum atomic E-state index is -3.32. The van der Waals surface area contributed by atoms with Gasteiger partial charge in [-0.2, -0.15) is 0 Å². The second-order valence-corrected chi connectivity index (χ2v) is 9.12. The van der Waals surface area contributed by atoms with Crippen LogP contribution in [-0.2, 0) is 21.2 Å². The highest BCUT2D eigenvalue weighted by Crippen LogP contribution is 2.31. The van der Waals surface area contributed by atoms with Gasteiger partial charge < -0.3 is 4.74 Å². The highest BCUT2D eigenvalue weighted by atomic mass is 32.2. The summed E-state index contributed by atoms with van der Waals surface area (Å²) in [7, 11) is -3.32. The monoisotopic (exact) mass is 401 g/mol. The second-order valence-electron chi connectivity index (χ2n) is 6.94. The molecule has 6 nitrogen and oxygen atoms in total. The van der Waals surface area contributed by atoms with Crippen LogP contribution in [0, 0.1) is 13.8 Å². The Kier molecular flexibility index (Phi) is 5.56. The first-order valence-electron chi connectivity index (χ1n) is 9.13. The molecule has 0 spiro atoms. The molecular formula is C21H23NO5S. The van der Waals surface area contributed by atoms with Crippen molar-refractivity contribution >= 4 is 27.5 Å². The maximum absolute atomic E-state index is 12.4. The van der Waals surface area contributed by atoms with Crippen molar-refractivity contribution in [3.63, 3.8) is 0 Å². The molecule has 0 amide bonds. The number of benzene rings is 2. The maximum Gasteiger partial charge on any atom is 0.338 e. The summed E-state index contributed by atoms with van der Waals surface area (Å²) in [6.07, 6.45) is 0.554. The van der Waals surface area contributed by atoms with E-state index in [0.717, 1.165) is 16.7 Å². The van der Waals surface area contributed by atoms with Gasteiger partial charge in [-0.05, 0) is 63.1 Å². The van der Waals surface area contributed by atoms with Crippen LogP contribution in [0.3, 0.4) is 0 Å². The molecule has 1 aliphatic rings. The first kappa shape index (κ1) is 20.1. The predicted molar refractivity (Wildman–Crippen MR) is 107 cm³/mol. The summed E-state index contributed by atoms with van der Waals surface area (Å²) in [6, 6.07) is 10.3. The average molecular weight is 401 g/mol. The molecule has 2 aromatic rings. The Morgan fingerprint density at radius 1 is 1.04 bits per heavy atom. The number of fused-ring (bicyclic) bond motifs is 1. The molecule has 0 aliphatic carbocycles. The topological polar surface area (TPSA) is 80.8 Å². The third-order valence-corrected chi connectivity index (χ3v) is 6.53. The van der Waals surface area contributed by atoms with Crippen LogP contribution in [-0.4, -0.2) is 39.1 Å². The maximum atomic E-state index is 12.4. The lowest BCUT2D eigenvalue weighted by Gasteiger charge is -2.18. The quantitative estimate of drug-likeness (QED) is 0.549. The van der Waals surface area contributed by atoms with Crippen molar-refractivity contribution in [3.05, 3.63) is 64.2 Å². The predicted octanol–water partition coefficient (Wildman–Crippen LogP) is 3.06. The summed E-state index contributed by atoms with van der Waals surface area (Å²) in [5.74, 6) is -0.833. The first-order chi connectivity index (χ1) is 13.2. The molecule has 28 heavy (non-hydrogen) atoms. The van der Waals surface area contributed by atoms with Crippen LogP contribution in [0.5, 0.6) is 0 Å². The highest BCUT2D eigenvalue weighted by Gasteiger charge is 2.28. The third kappa shape index (κ3) is 4.09.